The first-order chi connectivity index (χ1) is 6.33. The summed E-state index contributed by atoms with van der Waals surface area (Å²) in [4.78, 5) is 0. The maximum Gasteiger partial charge on any atom is 0.108 e. The van der Waals surface area contributed by atoms with Gasteiger partial charge in [-0.1, -0.05) is 5.21 Å². The lowest BCUT2D eigenvalue weighted by molar-refractivity contribution is 0.228. The highest BCUT2D eigenvalue weighted by Gasteiger charge is 2.29. The smallest absolute Gasteiger partial charge is 0.108 e. The van der Waals surface area contributed by atoms with Gasteiger partial charge in [0, 0.05) is 5.92 Å². The summed E-state index contributed by atoms with van der Waals surface area (Å²) >= 11 is 0. The Morgan fingerprint density at radius 3 is 3.00 bits per heavy atom. The molecule has 1 aliphatic rings. The highest BCUT2D eigenvalue weighted by molar-refractivity contribution is 5.03. The van der Waals surface area contributed by atoms with Crippen LogP contribution in [0, 0.1) is 18.3 Å². The summed E-state index contributed by atoms with van der Waals surface area (Å²) < 4.78 is 1.79. The molecule has 0 saturated heterocycles. The van der Waals surface area contributed by atoms with Crippen LogP contribution in [0.5, 0.6) is 0 Å². The van der Waals surface area contributed by atoms with Crippen LogP contribution in [0.15, 0.2) is 6.20 Å². The molecule has 1 saturated carbocycles. The van der Waals surface area contributed by atoms with Gasteiger partial charge >= 0.3 is 0 Å². The van der Waals surface area contributed by atoms with Crippen LogP contribution in [-0.2, 0) is 6.61 Å². The number of aliphatic hydroxyl groups excluding tert-OH is 1. The first kappa shape index (κ1) is 8.27. The highest BCUT2D eigenvalue weighted by atomic mass is 16.3. The zero-order valence-corrected chi connectivity index (χ0v) is 7.22. The lowest BCUT2D eigenvalue weighted by Crippen LogP contribution is -2.26. The van der Waals surface area contributed by atoms with E-state index in [1.54, 1.807) is 10.9 Å². The van der Waals surface area contributed by atoms with Crippen molar-refractivity contribution in [2.75, 3.05) is 0 Å². The molecular weight excluding hydrogens is 166 g/mol. The Hall–Kier alpha value is -1.34. The summed E-state index contributed by atoms with van der Waals surface area (Å²) in [5, 5.41) is 16.5. The van der Waals surface area contributed by atoms with Crippen LogP contribution in [0.25, 0.3) is 0 Å². The van der Waals surface area contributed by atoms with Crippen molar-refractivity contribution < 1.29 is 5.11 Å². The molecule has 0 aromatic carbocycles. The van der Waals surface area contributed by atoms with Gasteiger partial charge in [-0.15, -0.1) is 17.4 Å². The van der Waals surface area contributed by atoms with Crippen molar-refractivity contribution in [2.24, 2.45) is 5.92 Å². The molecule has 4 nitrogen and oxygen atoms in total. The van der Waals surface area contributed by atoms with E-state index in [1.807, 2.05) is 0 Å². The fourth-order valence-electron chi connectivity index (χ4n) is 1.50. The minimum absolute atomic E-state index is 0.0503. The van der Waals surface area contributed by atoms with Crippen molar-refractivity contribution in [1.82, 2.24) is 15.0 Å². The normalized spacial score (nSPS) is 26.5. The zero-order chi connectivity index (χ0) is 9.26. The molecule has 1 aromatic heterocycles. The molecule has 0 unspecified atom stereocenters. The van der Waals surface area contributed by atoms with Gasteiger partial charge in [-0.3, -0.25) is 0 Å². The third kappa shape index (κ3) is 1.43. The molecule has 68 valence electrons. The molecule has 1 heterocycles. The average molecular weight is 177 g/mol. The van der Waals surface area contributed by atoms with E-state index in [4.69, 9.17) is 11.5 Å². The summed E-state index contributed by atoms with van der Waals surface area (Å²) in [6, 6.07) is 0.383. The van der Waals surface area contributed by atoms with Gasteiger partial charge in [0.2, 0.25) is 0 Å². The Balaban J connectivity index is 2.00. The number of rotatable bonds is 2. The van der Waals surface area contributed by atoms with Crippen molar-refractivity contribution in [3.8, 4) is 12.3 Å². The maximum absolute atomic E-state index is 8.77. The fourth-order valence-corrected chi connectivity index (χ4v) is 1.50. The number of aromatic nitrogens is 3. The van der Waals surface area contributed by atoms with Crippen molar-refractivity contribution >= 4 is 0 Å². The number of hydrogen-bond donors (Lipinski definition) is 1. The van der Waals surface area contributed by atoms with Crippen LogP contribution in [0.3, 0.4) is 0 Å². The summed E-state index contributed by atoms with van der Waals surface area (Å²) in [6.45, 7) is -0.0503. The van der Waals surface area contributed by atoms with E-state index >= 15 is 0 Å². The summed E-state index contributed by atoms with van der Waals surface area (Å²) in [6.07, 6.45) is 9.00. The van der Waals surface area contributed by atoms with Crippen molar-refractivity contribution in [3.05, 3.63) is 11.9 Å². The van der Waals surface area contributed by atoms with Gasteiger partial charge in [0.25, 0.3) is 0 Å². The molecule has 0 bridgehead atoms. The van der Waals surface area contributed by atoms with Gasteiger partial charge in [0.1, 0.15) is 5.69 Å². The molecule has 1 aliphatic carbocycles. The lowest BCUT2D eigenvalue weighted by Gasteiger charge is -2.31. The third-order valence-electron chi connectivity index (χ3n) is 2.44. The van der Waals surface area contributed by atoms with E-state index in [2.05, 4.69) is 16.2 Å². The number of terminal acetylenes is 1. The first-order valence-electron chi connectivity index (χ1n) is 4.31. The Morgan fingerprint density at radius 1 is 1.69 bits per heavy atom. The molecule has 0 radical (unpaired) electrons. The molecule has 0 atom stereocenters. The van der Waals surface area contributed by atoms with E-state index in [9.17, 15) is 0 Å². The quantitative estimate of drug-likeness (QED) is 0.663. The number of aliphatic hydroxyl groups is 1. The van der Waals surface area contributed by atoms with E-state index < -0.39 is 0 Å². The molecule has 0 aliphatic heterocycles. The molecule has 1 N–H and O–H groups in total. The van der Waals surface area contributed by atoms with Crippen LogP contribution in [0.1, 0.15) is 24.6 Å². The molecule has 0 amide bonds. The summed E-state index contributed by atoms with van der Waals surface area (Å²) in [7, 11) is 0. The largest absolute Gasteiger partial charge is 0.390 e. The van der Waals surface area contributed by atoms with Gasteiger partial charge in [-0.05, 0) is 12.8 Å². The van der Waals surface area contributed by atoms with Crippen LogP contribution in [0.2, 0.25) is 0 Å². The zero-order valence-electron chi connectivity index (χ0n) is 7.22. The SMILES string of the molecule is C#CC1CC(n2cc(CO)nn2)C1. The van der Waals surface area contributed by atoms with Crippen LogP contribution < -0.4 is 0 Å². The van der Waals surface area contributed by atoms with Crippen molar-refractivity contribution in [1.29, 1.82) is 0 Å². The molecular formula is C9H11N3O. The minimum Gasteiger partial charge on any atom is -0.390 e. The molecule has 1 aromatic rings. The lowest BCUT2D eigenvalue weighted by atomic mass is 9.81. The van der Waals surface area contributed by atoms with Gasteiger partial charge < -0.3 is 5.11 Å². The van der Waals surface area contributed by atoms with E-state index in [0.29, 0.717) is 17.7 Å². The minimum atomic E-state index is -0.0503. The monoisotopic (exact) mass is 177 g/mol. The Kier molecular flexibility index (Phi) is 2.03. The molecule has 0 spiro atoms. The Bertz CT molecular complexity index is 333. The predicted octanol–water partition coefficient (Wildman–Crippen LogP) is 0.355. The maximum atomic E-state index is 8.77. The van der Waals surface area contributed by atoms with Crippen LogP contribution >= 0.6 is 0 Å². The average Bonchev–Trinajstić information content (AvgIpc) is 2.51. The Morgan fingerprint density at radius 2 is 2.46 bits per heavy atom. The Labute approximate surface area is 76.6 Å². The second kappa shape index (κ2) is 3.19. The van der Waals surface area contributed by atoms with E-state index in [1.165, 1.54) is 0 Å². The second-order valence-corrected chi connectivity index (χ2v) is 3.34. The number of hydrogen-bond acceptors (Lipinski definition) is 3. The summed E-state index contributed by atoms with van der Waals surface area (Å²) in [5.41, 5.74) is 0.615. The first-order valence-corrected chi connectivity index (χ1v) is 4.31. The highest BCUT2D eigenvalue weighted by Crippen LogP contribution is 2.36. The molecule has 1 fully saturated rings. The van der Waals surface area contributed by atoms with Gasteiger partial charge in [0.15, 0.2) is 0 Å². The van der Waals surface area contributed by atoms with Crippen molar-refractivity contribution in [2.45, 2.75) is 25.5 Å². The van der Waals surface area contributed by atoms with Crippen LogP contribution in [0.4, 0.5) is 0 Å². The third-order valence-corrected chi connectivity index (χ3v) is 2.44. The van der Waals surface area contributed by atoms with Gasteiger partial charge in [-0.2, -0.15) is 0 Å². The molecule has 2 rings (SSSR count). The van der Waals surface area contributed by atoms with E-state index in [-0.39, 0.29) is 6.61 Å². The second-order valence-electron chi connectivity index (χ2n) is 3.34. The van der Waals surface area contributed by atoms with Crippen LogP contribution in [-0.4, -0.2) is 20.1 Å². The van der Waals surface area contributed by atoms with Gasteiger partial charge in [0.05, 0.1) is 18.8 Å². The fraction of sp³-hybridized carbons (Fsp3) is 0.556. The topological polar surface area (TPSA) is 50.9 Å². The molecule has 4 heteroatoms. The van der Waals surface area contributed by atoms with Crippen molar-refractivity contribution in [3.63, 3.8) is 0 Å². The van der Waals surface area contributed by atoms with Gasteiger partial charge in [-0.25, -0.2) is 4.68 Å². The number of nitrogens with zero attached hydrogens (tertiary/aromatic N) is 3. The summed E-state index contributed by atoms with van der Waals surface area (Å²) in [5.74, 6) is 3.11. The molecule has 13 heavy (non-hydrogen) atoms. The van der Waals surface area contributed by atoms with E-state index in [0.717, 1.165) is 12.8 Å². The predicted molar refractivity (Wildman–Crippen MR) is 46.5 cm³/mol. The standard InChI is InChI=1S/C9H11N3O/c1-2-7-3-9(4-7)12-5-8(6-13)10-11-12/h1,5,7,9,13H,3-4,6H2.